The summed E-state index contributed by atoms with van der Waals surface area (Å²) in [6.07, 6.45) is 0.958. The molecule has 1 fully saturated rings. The second-order valence-corrected chi connectivity index (χ2v) is 10.5. The van der Waals surface area contributed by atoms with Crippen LogP contribution in [0.25, 0.3) is 0 Å². The Hall–Kier alpha value is -2.91. The quantitative estimate of drug-likeness (QED) is 0.617. The van der Waals surface area contributed by atoms with Crippen molar-refractivity contribution < 1.29 is 27.5 Å². The summed E-state index contributed by atoms with van der Waals surface area (Å²) in [7, 11) is -2.50. The molecule has 178 valence electrons. The summed E-state index contributed by atoms with van der Waals surface area (Å²) in [4.78, 5) is 24.7. The number of rotatable bonds is 7. The number of piperidine rings is 1. The minimum absolute atomic E-state index is 0.0242. The lowest BCUT2D eigenvalue weighted by Gasteiger charge is -2.34. The van der Waals surface area contributed by atoms with Crippen LogP contribution >= 0.6 is 0 Å². The number of hydrogen-bond donors (Lipinski definition) is 1. The Morgan fingerprint density at radius 3 is 2.39 bits per heavy atom. The lowest BCUT2D eigenvalue weighted by molar-refractivity contribution is -0.119. The first-order valence-electron chi connectivity index (χ1n) is 10.8. The zero-order valence-electron chi connectivity index (χ0n) is 19.3. The minimum Gasteiger partial charge on any atom is -0.495 e. The number of nitrogens with zero attached hydrogens (tertiary/aromatic N) is 1. The maximum absolute atomic E-state index is 13.4. The molecule has 3 rings (SSSR count). The standard InChI is InChI=1S/C24H30N2O6S/c1-16-11-17(2)14-26(13-16)33(29,30)22-12-19(9-10-21(22)31-4)24(28)32-15-23(27)25-20-8-6-5-7-18(20)3/h5-10,12,16-17H,11,13-15H2,1-4H3,(H,25,27). The highest BCUT2D eigenvalue weighted by Crippen LogP contribution is 2.32. The first-order chi connectivity index (χ1) is 15.6. The zero-order chi connectivity index (χ0) is 24.2. The second kappa shape index (κ2) is 10.4. The summed E-state index contributed by atoms with van der Waals surface area (Å²) in [5.74, 6) is -0.677. The van der Waals surface area contributed by atoms with Gasteiger partial charge in [-0.3, -0.25) is 4.79 Å². The van der Waals surface area contributed by atoms with Crippen molar-refractivity contribution >= 4 is 27.6 Å². The number of carbonyl (C=O) groups excluding carboxylic acids is 2. The van der Waals surface area contributed by atoms with E-state index in [9.17, 15) is 18.0 Å². The third kappa shape index (κ3) is 5.91. The highest BCUT2D eigenvalue weighted by molar-refractivity contribution is 7.89. The van der Waals surface area contributed by atoms with E-state index in [0.717, 1.165) is 12.0 Å². The number of carbonyl (C=O) groups is 2. The molecular weight excluding hydrogens is 444 g/mol. The van der Waals surface area contributed by atoms with E-state index in [4.69, 9.17) is 9.47 Å². The Labute approximate surface area is 194 Å². The average molecular weight is 475 g/mol. The molecule has 0 aliphatic carbocycles. The lowest BCUT2D eigenvalue weighted by Crippen LogP contribution is -2.42. The number of methoxy groups -OCH3 is 1. The van der Waals surface area contributed by atoms with Gasteiger partial charge in [0, 0.05) is 18.8 Å². The Bertz CT molecular complexity index is 1120. The second-order valence-electron chi connectivity index (χ2n) is 8.57. The monoisotopic (exact) mass is 474 g/mol. The number of amides is 1. The van der Waals surface area contributed by atoms with Crippen LogP contribution in [-0.4, -0.2) is 51.4 Å². The minimum atomic E-state index is -3.88. The molecular formula is C24H30N2O6S. The predicted molar refractivity (Wildman–Crippen MR) is 125 cm³/mol. The van der Waals surface area contributed by atoms with Crippen LogP contribution in [0.3, 0.4) is 0 Å². The SMILES string of the molecule is COc1ccc(C(=O)OCC(=O)Nc2ccccc2C)cc1S(=O)(=O)N1CC(C)CC(C)C1. The van der Waals surface area contributed by atoms with E-state index in [1.54, 1.807) is 12.1 Å². The number of aryl methyl sites for hydroxylation is 1. The van der Waals surface area contributed by atoms with Crippen molar-refractivity contribution in [2.75, 3.05) is 32.1 Å². The number of ether oxygens (including phenoxy) is 2. The Kier molecular flexibility index (Phi) is 7.76. The summed E-state index contributed by atoms with van der Waals surface area (Å²) in [5, 5.41) is 2.68. The van der Waals surface area contributed by atoms with Gasteiger partial charge in [0.05, 0.1) is 12.7 Å². The fraction of sp³-hybridized carbons (Fsp3) is 0.417. The van der Waals surface area contributed by atoms with Gasteiger partial charge in [-0.05, 0) is 55.0 Å². The van der Waals surface area contributed by atoms with Crippen LogP contribution in [0.15, 0.2) is 47.4 Å². The van der Waals surface area contributed by atoms with E-state index in [1.807, 2.05) is 32.9 Å². The Morgan fingerprint density at radius 2 is 1.76 bits per heavy atom. The molecule has 1 aliphatic rings. The van der Waals surface area contributed by atoms with Gasteiger partial charge in [-0.25, -0.2) is 13.2 Å². The number of esters is 1. The summed E-state index contributed by atoms with van der Waals surface area (Å²) in [5.41, 5.74) is 1.53. The molecule has 1 amide bonds. The van der Waals surface area contributed by atoms with Crippen molar-refractivity contribution in [2.45, 2.75) is 32.1 Å². The number of sulfonamides is 1. The summed E-state index contributed by atoms with van der Waals surface area (Å²) < 4.78 is 38.6. The van der Waals surface area contributed by atoms with Gasteiger partial charge >= 0.3 is 5.97 Å². The molecule has 1 aliphatic heterocycles. The van der Waals surface area contributed by atoms with Crippen LogP contribution in [0.2, 0.25) is 0 Å². The van der Waals surface area contributed by atoms with E-state index < -0.39 is 28.5 Å². The molecule has 9 heteroatoms. The van der Waals surface area contributed by atoms with Gasteiger partial charge < -0.3 is 14.8 Å². The number of anilines is 1. The fourth-order valence-corrected chi connectivity index (χ4v) is 5.92. The molecule has 0 spiro atoms. The molecule has 0 radical (unpaired) electrons. The molecule has 2 aromatic carbocycles. The van der Waals surface area contributed by atoms with E-state index in [0.29, 0.717) is 18.8 Å². The smallest absolute Gasteiger partial charge is 0.338 e. The molecule has 2 atom stereocenters. The first-order valence-corrected chi connectivity index (χ1v) is 12.3. The lowest BCUT2D eigenvalue weighted by atomic mass is 9.94. The molecule has 0 aromatic heterocycles. The van der Waals surface area contributed by atoms with Crippen LogP contribution in [0.5, 0.6) is 5.75 Å². The van der Waals surface area contributed by atoms with Crippen LogP contribution in [0.1, 0.15) is 36.2 Å². The fourth-order valence-electron chi connectivity index (χ4n) is 4.06. The first kappa shape index (κ1) is 24.7. The third-order valence-corrected chi connectivity index (χ3v) is 7.46. The van der Waals surface area contributed by atoms with E-state index in [-0.39, 0.29) is 28.0 Å². The molecule has 0 saturated carbocycles. The van der Waals surface area contributed by atoms with Crippen LogP contribution in [0.4, 0.5) is 5.69 Å². The van der Waals surface area contributed by atoms with Crippen molar-refractivity contribution in [1.82, 2.24) is 4.31 Å². The summed E-state index contributed by atoms with van der Waals surface area (Å²) >= 11 is 0. The molecule has 1 heterocycles. The summed E-state index contributed by atoms with van der Waals surface area (Å²) in [6.45, 7) is 6.21. The van der Waals surface area contributed by atoms with Gasteiger partial charge in [0.2, 0.25) is 10.0 Å². The molecule has 2 unspecified atom stereocenters. The molecule has 1 N–H and O–H groups in total. The van der Waals surface area contributed by atoms with Crippen molar-refractivity contribution in [3.05, 3.63) is 53.6 Å². The van der Waals surface area contributed by atoms with Crippen molar-refractivity contribution in [3.8, 4) is 5.75 Å². The highest BCUT2D eigenvalue weighted by atomic mass is 32.2. The predicted octanol–water partition coefficient (Wildman–Crippen LogP) is 3.47. The Morgan fingerprint density at radius 1 is 1.09 bits per heavy atom. The maximum atomic E-state index is 13.4. The van der Waals surface area contributed by atoms with Gasteiger partial charge in [-0.1, -0.05) is 32.0 Å². The number of hydrogen-bond acceptors (Lipinski definition) is 6. The van der Waals surface area contributed by atoms with Gasteiger partial charge in [-0.2, -0.15) is 4.31 Å². The van der Waals surface area contributed by atoms with Crippen molar-refractivity contribution in [3.63, 3.8) is 0 Å². The molecule has 0 bridgehead atoms. The molecule has 2 aromatic rings. The maximum Gasteiger partial charge on any atom is 0.338 e. The zero-order valence-corrected chi connectivity index (χ0v) is 20.1. The average Bonchev–Trinajstić information content (AvgIpc) is 2.78. The van der Waals surface area contributed by atoms with E-state index >= 15 is 0 Å². The van der Waals surface area contributed by atoms with Crippen molar-refractivity contribution in [2.24, 2.45) is 11.8 Å². The Balaban J connectivity index is 1.75. The number of para-hydroxylation sites is 1. The molecule has 1 saturated heterocycles. The number of benzene rings is 2. The third-order valence-electron chi connectivity index (χ3n) is 5.61. The van der Waals surface area contributed by atoms with E-state index in [2.05, 4.69) is 5.32 Å². The largest absolute Gasteiger partial charge is 0.495 e. The van der Waals surface area contributed by atoms with Gasteiger partial charge in [-0.15, -0.1) is 0 Å². The van der Waals surface area contributed by atoms with Crippen LogP contribution in [0, 0.1) is 18.8 Å². The van der Waals surface area contributed by atoms with Gasteiger partial charge in [0.15, 0.2) is 6.61 Å². The van der Waals surface area contributed by atoms with Crippen molar-refractivity contribution in [1.29, 1.82) is 0 Å². The van der Waals surface area contributed by atoms with Gasteiger partial charge in [0.1, 0.15) is 10.6 Å². The number of nitrogens with one attached hydrogen (secondary N) is 1. The summed E-state index contributed by atoms with van der Waals surface area (Å²) in [6, 6.07) is 11.3. The van der Waals surface area contributed by atoms with Gasteiger partial charge in [0.25, 0.3) is 5.91 Å². The van der Waals surface area contributed by atoms with Crippen LogP contribution < -0.4 is 10.1 Å². The topological polar surface area (TPSA) is 102 Å². The van der Waals surface area contributed by atoms with E-state index in [1.165, 1.54) is 29.6 Å². The highest BCUT2D eigenvalue weighted by Gasteiger charge is 2.34. The molecule has 8 nitrogen and oxygen atoms in total. The van der Waals surface area contributed by atoms with Crippen LogP contribution in [-0.2, 0) is 19.6 Å². The molecule has 33 heavy (non-hydrogen) atoms. The normalized spacial score (nSPS) is 19.0.